The Balaban J connectivity index is 0.00000312. The number of carbonyl (C=O) groups is 1. The molecule has 1 aromatic rings. The molecule has 1 amide bonds. The van der Waals surface area contributed by atoms with Gasteiger partial charge in [-0.2, -0.15) is 0 Å². The summed E-state index contributed by atoms with van der Waals surface area (Å²) in [6.07, 6.45) is 0.526. The third-order valence-corrected chi connectivity index (χ3v) is 3.92. The van der Waals surface area contributed by atoms with E-state index in [0.29, 0.717) is 30.2 Å². The van der Waals surface area contributed by atoms with Crippen LogP contribution in [-0.2, 0) is 42.2 Å². The molecule has 1 atom stereocenters. The number of allylic oxidation sites excluding steroid dienone is 1. The fourth-order valence-electron chi connectivity index (χ4n) is 2.44. The van der Waals surface area contributed by atoms with Gasteiger partial charge >= 0.3 is 0 Å². The van der Waals surface area contributed by atoms with Crippen LogP contribution < -0.4 is 4.74 Å². The minimum absolute atomic E-state index is 0. The van der Waals surface area contributed by atoms with Crippen molar-refractivity contribution in [2.24, 2.45) is 0 Å². The molecule has 0 aliphatic carbocycles. The Kier molecular flexibility index (Phi) is 9.50. The van der Waals surface area contributed by atoms with Gasteiger partial charge in [-0.05, 0) is 12.1 Å². The normalized spacial score (nSPS) is 17.4. The van der Waals surface area contributed by atoms with E-state index in [4.69, 9.17) is 21.1 Å². The fourth-order valence-corrected chi connectivity index (χ4v) is 2.64. The Labute approximate surface area is 176 Å². The van der Waals surface area contributed by atoms with Gasteiger partial charge in [0.25, 0.3) is 6.43 Å². The maximum absolute atomic E-state index is 12.8. The molecule has 4 nitrogen and oxygen atoms in total. The van der Waals surface area contributed by atoms with Gasteiger partial charge in [0.1, 0.15) is 17.7 Å². The van der Waals surface area contributed by atoms with Crippen molar-refractivity contribution in [3.05, 3.63) is 35.4 Å². The molecule has 0 spiro atoms. The van der Waals surface area contributed by atoms with Gasteiger partial charge < -0.3 is 14.4 Å². The molecule has 135 valence electrons. The smallest absolute Gasteiger partial charge is 0.256 e. The van der Waals surface area contributed by atoms with Crippen LogP contribution in [-0.4, -0.2) is 49.5 Å². The second-order valence-corrected chi connectivity index (χ2v) is 5.88. The van der Waals surface area contributed by atoms with Crippen molar-refractivity contribution in [1.29, 1.82) is 0 Å². The summed E-state index contributed by atoms with van der Waals surface area (Å²) >= 11 is 5.89. The minimum Gasteiger partial charge on any atom is -0.491 e. The van der Waals surface area contributed by atoms with E-state index in [1.807, 2.05) is 6.92 Å². The zero-order chi connectivity index (χ0) is 17.7. The molecule has 0 fully saturated rings. The quantitative estimate of drug-likeness (QED) is 0.366. The molecule has 0 bridgehead atoms. The van der Waals surface area contributed by atoms with Gasteiger partial charge in [0, 0.05) is 39.8 Å². The second-order valence-electron chi connectivity index (χ2n) is 5.35. The third-order valence-electron chi connectivity index (χ3n) is 3.58. The number of ether oxygens (including phenoxy) is 2. The third kappa shape index (κ3) is 5.98. The van der Waals surface area contributed by atoms with Gasteiger partial charge in [0.15, 0.2) is 0 Å². The minimum atomic E-state index is -2.65. The van der Waals surface area contributed by atoms with Gasteiger partial charge in [-0.25, -0.2) is 14.9 Å². The van der Waals surface area contributed by atoms with E-state index in [0.717, 1.165) is 10.5 Å². The molecule has 25 heavy (non-hydrogen) atoms. The van der Waals surface area contributed by atoms with E-state index >= 15 is 0 Å². The number of halogens is 3. The molecule has 1 aliphatic rings. The number of amides is 1. The largest absolute Gasteiger partial charge is 0.491 e. The van der Waals surface area contributed by atoms with Crippen molar-refractivity contribution >= 4 is 23.2 Å². The van der Waals surface area contributed by atoms with E-state index in [1.54, 1.807) is 25.3 Å². The summed E-state index contributed by atoms with van der Waals surface area (Å²) in [6.45, 7) is 2.00. The first kappa shape index (κ1) is 22.5. The SMILES string of the molecule is COCCOc1ccc(C2=[C-]CC(Cl)C(=O)N2CC(F)F)c(C)c1.[Y]. The maximum Gasteiger partial charge on any atom is 0.256 e. The van der Waals surface area contributed by atoms with E-state index < -0.39 is 24.3 Å². The van der Waals surface area contributed by atoms with Gasteiger partial charge in [-0.3, -0.25) is 4.79 Å². The molecular formula is C17H19ClF2NO3Y-. The molecule has 0 saturated carbocycles. The number of hydrogen-bond donors (Lipinski definition) is 0. The molecule has 1 radical (unpaired) electrons. The molecule has 8 heteroatoms. The number of carbonyl (C=O) groups excluding carboxylic acids is 1. The van der Waals surface area contributed by atoms with Crippen molar-refractivity contribution < 1.29 is 55.8 Å². The standard InChI is InChI=1S/C17H19ClF2NO3.Y/c1-11-9-12(24-8-7-23-2)3-4-13(11)15-6-5-14(18)17(22)21(15)10-16(19)20;/h3-4,9,14,16H,5,7-8,10H2,1-2H3;/q-1;. The summed E-state index contributed by atoms with van der Waals surface area (Å²) in [5.74, 6) is 0.122. The van der Waals surface area contributed by atoms with E-state index in [-0.39, 0.29) is 39.1 Å². The Morgan fingerprint density at radius 1 is 1.40 bits per heavy atom. The average molecular weight is 448 g/mol. The number of aryl methyl sites for hydroxylation is 1. The van der Waals surface area contributed by atoms with Crippen LogP contribution in [0.3, 0.4) is 0 Å². The first-order valence-electron chi connectivity index (χ1n) is 7.51. The first-order chi connectivity index (χ1) is 11.4. The number of rotatable bonds is 7. The topological polar surface area (TPSA) is 38.8 Å². The van der Waals surface area contributed by atoms with Crippen molar-refractivity contribution in [1.82, 2.24) is 4.90 Å². The van der Waals surface area contributed by atoms with Crippen molar-refractivity contribution in [3.8, 4) is 5.75 Å². The molecule has 0 aromatic heterocycles. The average Bonchev–Trinajstić information content (AvgIpc) is 2.53. The van der Waals surface area contributed by atoms with Crippen molar-refractivity contribution in [2.75, 3.05) is 26.9 Å². The van der Waals surface area contributed by atoms with Crippen LogP contribution in [0.25, 0.3) is 5.70 Å². The number of methoxy groups -OCH3 is 1. The second kappa shape index (κ2) is 10.6. The van der Waals surface area contributed by atoms with E-state index in [9.17, 15) is 13.6 Å². The molecule has 2 rings (SSSR count). The Hall–Kier alpha value is -0.556. The van der Waals surface area contributed by atoms with Gasteiger partial charge in [-0.1, -0.05) is 13.3 Å². The van der Waals surface area contributed by atoms with Crippen molar-refractivity contribution in [3.63, 3.8) is 0 Å². The summed E-state index contributed by atoms with van der Waals surface area (Å²) in [6, 6.07) is 5.25. The Morgan fingerprint density at radius 3 is 2.72 bits per heavy atom. The van der Waals surface area contributed by atoms with E-state index in [2.05, 4.69) is 6.08 Å². The maximum atomic E-state index is 12.8. The zero-order valence-corrected chi connectivity index (χ0v) is 17.7. The monoisotopic (exact) mass is 447 g/mol. The van der Waals surface area contributed by atoms with Crippen LogP contribution in [0.5, 0.6) is 5.75 Å². The van der Waals surface area contributed by atoms with Crippen LogP contribution in [0.2, 0.25) is 0 Å². The van der Waals surface area contributed by atoms with Crippen LogP contribution in [0.1, 0.15) is 17.5 Å². The molecule has 1 unspecified atom stereocenters. The van der Waals surface area contributed by atoms with Crippen LogP contribution >= 0.6 is 11.6 Å². The molecule has 0 saturated heterocycles. The summed E-state index contributed by atoms with van der Waals surface area (Å²) in [5, 5.41) is -0.857. The summed E-state index contributed by atoms with van der Waals surface area (Å²) < 4.78 is 36.1. The summed E-state index contributed by atoms with van der Waals surface area (Å²) in [7, 11) is 1.59. The molecule has 0 N–H and O–H groups in total. The Bertz CT molecular complexity index is 628. The van der Waals surface area contributed by atoms with Crippen LogP contribution in [0, 0.1) is 13.0 Å². The summed E-state index contributed by atoms with van der Waals surface area (Å²) in [5.41, 5.74) is 1.80. The predicted molar refractivity (Wildman–Crippen MR) is 87.2 cm³/mol. The van der Waals surface area contributed by atoms with Crippen LogP contribution in [0.15, 0.2) is 18.2 Å². The summed E-state index contributed by atoms with van der Waals surface area (Å²) in [4.78, 5) is 13.2. The number of nitrogens with zero attached hydrogens (tertiary/aromatic N) is 1. The van der Waals surface area contributed by atoms with Crippen LogP contribution in [0.4, 0.5) is 8.78 Å². The number of hydrogen-bond acceptors (Lipinski definition) is 3. The molecule has 1 heterocycles. The molecular weight excluding hydrogens is 429 g/mol. The molecule has 1 aliphatic heterocycles. The first-order valence-corrected chi connectivity index (χ1v) is 7.95. The zero-order valence-electron chi connectivity index (χ0n) is 14.1. The Morgan fingerprint density at radius 2 is 2.12 bits per heavy atom. The van der Waals surface area contributed by atoms with Gasteiger partial charge in [0.05, 0.1) is 13.2 Å². The number of alkyl halides is 3. The fraction of sp³-hybridized carbons (Fsp3) is 0.471. The molecule has 1 aromatic carbocycles. The predicted octanol–water partition coefficient (Wildman–Crippen LogP) is 3.27. The van der Waals surface area contributed by atoms with Crippen molar-refractivity contribution in [2.45, 2.75) is 25.1 Å². The van der Waals surface area contributed by atoms with E-state index in [1.165, 1.54) is 0 Å². The van der Waals surface area contributed by atoms with Gasteiger partial charge in [0.2, 0.25) is 5.91 Å². The van der Waals surface area contributed by atoms with Gasteiger partial charge in [-0.15, -0.1) is 34.5 Å². The number of benzene rings is 1.